The lowest BCUT2D eigenvalue weighted by atomic mass is 10.2. The fourth-order valence-corrected chi connectivity index (χ4v) is 4.17. The molecule has 21 heavy (non-hydrogen) atoms. The molecule has 1 aliphatic rings. The largest absolute Gasteiger partial charge is 0.494 e. The van der Waals surface area contributed by atoms with Crippen molar-refractivity contribution in [1.29, 1.82) is 0 Å². The SMILES string of the molecule is CCOc1cccc(S(=O)(=O)N2CC(C)NC(C)C2)c1.Cl. The van der Waals surface area contributed by atoms with Gasteiger partial charge in [-0.3, -0.25) is 0 Å². The quantitative estimate of drug-likeness (QED) is 0.913. The molecule has 0 aromatic heterocycles. The molecular weight excluding hydrogens is 312 g/mol. The van der Waals surface area contributed by atoms with Gasteiger partial charge in [0, 0.05) is 31.2 Å². The molecule has 1 heterocycles. The number of rotatable bonds is 4. The number of halogens is 1. The van der Waals surface area contributed by atoms with E-state index in [2.05, 4.69) is 5.32 Å². The van der Waals surface area contributed by atoms with Crippen molar-refractivity contribution in [3.05, 3.63) is 24.3 Å². The van der Waals surface area contributed by atoms with Gasteiger partial charge in [-0.2, -0.15) is 4.31 Å². The highest BCUT2D eigenvalue weighted by Crippen LogP contribution is 2.22. The molecule has 0 spiro atoms. The summed E-state index contributed by atoms with van der Waals surface area (Å²) in [5, 5.41) is 3.33. The van der Waals surface area contributed by atoms with Crippen LogP contribution in [-0.2, 0) is 10.0 Å². The van der Waals surface area contributed by atoms with Gasteiger partial charge in [-0.15, -0.1) is 12.4 Å². The van der Waals surface area contributed by atoms with E-state index < -0.39 is 10.0 Å². The normalized spacial score (nSPS) is 23.4. The molecule has 120 valence electrons. The summed E-state index contributed by atoms with van der Waals surface area (Å²) in [6.45, 7) is 7.37. The van der Waals surface area contributed by atoms with Crippen molar-refractivity contribution in [2.75, 3.05) is 19.7 Å². The molecule has 1 saturated heterocycles. The predicted molar refractivity (Wildman–Crippen MR) is 85.7 cm³/mol. The number of piperazine rings is 1. The highest BCUT2D eigenvalue weighted by atomic mass is 35.5. The van der Waals surface area contributed by atoms with E-state index in [-0.39, 0.29) is 24.5 Å². The number of ether oxygens (including phenoxy) is 1. The van der Waals surface area contributed by atoms with Crippen LogP contribution in [0.3, 0.4) is 0 Å². The van der Waals surface area contributed by atoms with Crippen molar-refractivity contribution in [3.63, 3.8) is 0 Å². The summed E-state index contributed by atoms with van der Waals surface area (Å²) in [4.78, 5) is 0.296. The molecule has 1 aliphatic heterocycles. The van der Waals surface area contributed by atoms with Crippen LogP contribution in [0.15, 0.2) is 29.2 Å². The summed E-state index contributed by atoms with van der Waals surface area (Å²) in [6, 6.07) is 7.01. The fourth-order valence-electron chi connectivity index (χ4n) is 2.51. The Morgan fingerprint density at radius 3 is 2.48 bits per heavy atom. The molecule has 0 bridgehead atoms. The van der Waals surface area contributed by atoms with Crippen LogP contribution in [-0.4, -0.2) is 44.5 Å². The smallest absolute Gasteiger partial charge is 0.243 e. The molecule has 1 aromatic carbocycles. The standard InChI is InChI=1S/C14H22N2O3S.ClH/c1-4-19-13-6-5-7-14(8-13)20(17,18)16-9-11(2)15-12(3)10-16;/h5-8,11-12,15H,4,9-10H2,1-3H3;1H. The first-order chi connectivity index (χ1) is 9.43. The second-order valence-corrected chi connectivity index (χ2v) is 7.14. The average molecular weight is 335 g/mol. The van der Waals surface area contributed by atoms with E-state index in [0.717, 1.165) is 0 Å². The fraction of sp³-hybridized carbons (Fsp3) is 0.571. The topological polar surface area (TPSA) is 58.6 Å². The van der Waals surface area contributed by atoms with E-state index >= 15 is 0 Å². The van der Waals surface area contributed by atoms with E-state index in [4.69, 9.17) is 4.74 Å². The first-order valence-corrected chi connectivity index (χ1v) is 8.36. The molecule has 0 amide bonds. The Labute approximate surface area is 133 Å². The number of hydrogen-bond donors (Lipinski definition) is 1. The van der Waals surface area contributed by atoms with Crippen LogP contribution < -0.4 is 10.1 Å². The number of nitrogens with zero attached hydrogens (tertiary/aromatic N) is 1. The lowest BCUT2D eigenvalue weighted by molar-refractivity contribution is 0.263. The Balaban J connectivity index is 0.00000220. The molecule has 2 atom stereocenters. The molecule has 0 saturated carbocycles. The molecule has 1 N–H and O–H groups in total. The van der Waals surface area contributed by atoms with Crippen LogP contribution in [0.1, 0.15) is 20.8 Å². The van der Waals surface area contributed by atoms with E-state index in [1.165, 1.54) is 0 Å². The minimum absolute atomic E-state index is 0. The Hall–Kier alpha value is -0.820. The third-order valence-corrected chi connectivity index (χ3v) is 5.11. The molecule has 7 heteroatoms. The van der Waals surface area contributed by atoms with Gasteiger partial charge in [0.25, 0.3) is 0 Å². The minimum atomic E-state index is -3.46. The molecule has 1 aromatic rings. The maximum Gasteiger partial charge on any atom is 0.243 e. The molecule has 2 rings (SSSR count). The van der Waals surface area contributed by atoms with Crippen molar-refractivity contribution >= 4 is 22.4 Å². The van der Waals surface area contributed by atoms with Crippen LogP contribution in [0.4, 0.5) is 0 Å². The maximum atomic E-state index is 12.7. The van der Waals surface area contributed by atoms with Crippen molar-refractivity contribution in [2.24, 2.45) is 0 Å². The van der Waals surface area contributed by atoms with E-state index in [1.807, 2.05) is 20.8 Å². The van der Waals surface area contributed by atoms with Gasteiger partial charge < -0.3 is 10.1 Å². The van der Waals surface area contributed by atoms with Crippen molar-refractivity contribution in [3.8, 4) is 5.75 Å². The Bertz CT molecular complexity index is 555. The van der Waals surface area contributed by atoms with Crippen LogP contribution in [0.5, 0.6) is 5.75 Å². The first-order valence-electron chi connectivity index (χ1n) is 6.92. The third kappa shape index (κ3) is 4.32. The van der Waals surface area contributed by atoms with Crippen molar-refractivity contribution in [2.45, 2.75) is 37.8 Å². The monoisotopic (exact) mass is 334 g/mol. The minimum Gasteiger partial charge on any atom is -0.494 e. The maximum absolute atomic E-state index is 12.7. The van der Waals surface area contributed by atoms with E-state index in [9.17, 15) is 8.42 Å². The van der Waals surface area contributed by atoms with Crippen LogP contribution in [0, 0.1) is 0 Å². The van der Waals surface area contributed by atoms with Gasteiger partial charge in [0.05, 0.1) is 11.5 Å². The summed E-state index contributed by atoms with van der Waals surface area (Å²) in [6.07, 6.45) is 0. The zero-order valence-electron chi connectivity index (χ0n) is 12.6. The van der Waals surface area contributed by atoms with Gasteiger partial charge >= 0.3 is 0 Å². The van der Waals surface area contributed by atoms with Crippen molar-refractivity contribution < 1.29 is 13.2 Å². The van der Waals surface area contributed by atoms with Crippen molar-refractivity contribution in [1.82, 2.24) is 9.62 Å². The second-order valence-electron chi connectivity index (χ2n) is 5.20. The summed E-state index contributed by atoms with van der Waals surface area (Å²) in [7, 11) is -3.46. The van der Waals surface area contributed by atoms with Gasteiger partial charge in [-0.1, -0.05) is 6.07 Å². The molecular formula is C14H23ClN2O3S. The number of nitrogens with one attached hydrogen (secondary N) is 1. The zero-order chi connectivity index (χ0) is 14.8. The Kier molecular flexibility index (Phi) is 6.46. The summed E-state index contributed by atoms with van der Waals surface area (Å²) < 4.78 is 32.3. The molecule has 2 unspecified atom stereocenters. The Morgan fingerprint density at radius 1 is 1.29 bits per heavy atom. The van der Waals surface area contributed by atoms with E-state index in [1.54, 1.807) is 28.6 Å². The summed E-state index contributed by atoms with van der Waals surface area (Å²) in [5.41, 5.74) is 0. The van der Waals surface area contributed by atoms with Gasteiger partial charge in [0.1, 0.15) is 5.75 Å². The first kappa shape index (κ1) is 18.2. The van der Waals surface area contributed by atoms with Gasteiger partial charge in [0.2, 0.25) is 10.0 Å². The van der Waals surface area contributed by atoms with Crippen LogP contribution >= 0.6 is 12.4 Å². The number of hydrogen-bond acceptors (Lipinski definition) is 4. The van der Waals surface area contributed by atoms with Crippen LogP contribution in [0.25, 0.3) is 0 Å². The summed E-state index contributed by atoms with van der Waals surface area (Å²) >= 11 is 0. The highest BCUT2D eigenvalue weighted by Gasteiger charge is 2.31. The van der Waals surface area contributed by atoms with Gasteiger partial charge in [-0.25, -0.2) is 8.42 Å². The van der Waals surface area contributed by atoms with Gasteiger partial charge in [-0.05, 0) is 32.9 Å². The number of benzene rings is 1. The second kappa shape index (κ2) is 7.45. The molecule has 5 nitrogen and oxygen atoms in total. The lowest BCUT2D eigenvalue weighted by Crippen LogP contribution is -2.55. The predicted octanol–water partition coefficient (Wildman–Crippen LogP) is 1.88. The number of sulfonamides is 1. The molecule has 0 radical (unpaired) electrons. The highest BCUT2D eigenvalue weighted by molar-refractivity contribution is 7.89. The molecule has 1 fully saturated rings. The molecule has 0 aliphatic carbocycles. The third-order valence-electron chi connectivity index (χ3n) is 3.28. The average Bonchev–Trinajstić information content (AvgIpc) is 2.38. The lowest BCUT2D eigenvalue weighted by Gasteiger charge is -2.35. The van der Waals surface area contributed by atoms with Gasteiger partial charge in [0.15, 0.2) is 0 Å². The zero-order valence-corrected chi connectivity index (χ0v) is 14.2. The summed E-state index contributed by atoms with van der Waals surface area (Å²) in [5.74, 6) is 0.588. The van der Waals surface area contributed by atoms with Crippen LogP contribution in [0.2, 0.25) is 0 Å². The van der Waals surface area contributed by atoms with E-state index in [0.29, 0.717) is 30.3 Å². The Morgan fingerprint density at radius 2 is 1.90 bits per heavy atom.